The topological polar surface area (TPSA) is 131 Å². The maximum atomic E-state index is 13.0. The van der Waals surface area contributed by atoms with Gasteiger partial charge in [0.1, 0.15) is 24.1 Å². The molecule has 10 heteroatoms. The number of para-hydroxylation sites is 1. The Labute approximate surface area is 188 Å². The molecule has 0 bridgehead atoms. The van der Waals surface area contributed by atoms with Gasteiger partial charge >= 0.3 is 0 Å². The lowest BCUT2D eigenvalue weighted by molar-refractivity contribution is -0.136. The standard InChI is InChI=1S/C23H21N3O7/c27-18-10-9-16(21(29)25-18)26-22(30)15-7-4-8-17(20(15)23(26)31)33-13-19(28)24-11-12-32-14-5-2-1-3-6-14/h1-8,16H,9-13H2,(H,24,28)(H,25,27,29). The van der Waals surface area contributed by atoms with Crippen LogP contribution in [0.1, 0.15) is 33.6 Å². The van der Waals surface area contributed by atoms with Crippen LogP contribution in [0, 0.1) is 0 Å². The third-order valence-electron chi connectivity index (χ3n) is 5.22. The lowest BCUT2D eigenvalue weighted by atomic mass is 10.0. The summed E-state index contributed by atoms with van der Waals surface area (Å²) in [7, 11) is 0. The monoisotopic (exact) mass is 451 g/mol. The van der Waals surface area contributed by atoms with Crippen LogP contribution in [0.5, 0.6) is 11.5 Å². The summed E-state index contributed by atoms with van der Waals surface area (Å²) < 4.78 is 11.0. The summed E-state index contributed by atoms with van der Waals surface area (Å²) in [5.74, 6) is -2.15. The molecule has 0 aliphatic carbocycles. The van der Waals surface area contributed by atoms with E-state index in [2.05, 4.69) is 10.6 Å². The molecule has 170 valence electrons. The van der Waals surface area contributed by atoms with E-state index < -0.39 is 35.6 Å². The maximum Gasteiger partial charge on any atom is 0.266 e. The predicted molar refractivity (Wildman–Crippen MR) is 114 cm³/mol. The summed E-state index contributed by atoms with van der Waals surface area (Å²) in [4.78, 5) is 62.3. The van der Waals surface area contributed by atoms with Gasteiger partial charge in [-0.15, -0.1) is 0 Å². The molecule has 0 radical (unpaired) electrons. The number of carbonyl (C=O) groups excluding carboxylic acids is 5. The van der Waals surface area contributed by atoms with Crippen molar-refractivity contribution < 1.29 is 33.4 Å². The van der Waals surface area contributed by atoms with Crippen LogP contribution < -0.4 is 20.1 Å². The number of carbonyl (C=O) groups is 5. The fourth-order valence-electron chi connectivity index (χ4n) is 3.67. The highest BCUT2D eigenvalue weighted by atomic mass is 16.5. The van der Waals surface area contributed by atoms with E-state index >= 15 is 0 Å². The highest BCUT2D eigenvalue weighted by molar-refractivity contribution is 6.24. The molecule has 0 saturated carbocycles. The van der Waals surface area contributed by atoms with Gasteiger partial charge in [-0.25, -0.2) is 0 Å². The number of rotatable bonds is 8. The van der Waals surface area contributed by atoms with Gasteiger partial charge in [-0.3, -0.25) is 34.2 Å². The average Bonchev–Trinajstić information content (AvgIpc) is 3.07. The molecule has 1 atom stereocenters. The quantitative estimate of drug-likeness (QED) is 0.445. The molecule has 2 N–H and O–H groups in total. The number of imide groups is 2. The van der Waals surface area contributed by atoms with Crippen molar-refractivity contribution in [3.8, 4) is 11.5 Å². The molecule has 0 aromatic heterocycles. The van der Waals surface area contributed by atoms with Crippen LogP contribution in [0.2, 0.25) is 0 Å². The lowest BCUT2D eigenvalue weighted by Crippen LogP contribution is -2.54. The molecule has 1 saturated heterocycles. The van der Waals surface area contributed by atoms with Crippen LogP contribution >= 0.6 is 0 Å². The Morgan fingerprint density at radius 2 is 1.79 bits per heavy atom. The lowest BCUT2D eigenvalue weighted by Gasteiger charge is -2.27. The van der Waals surface area contributed by atoms with E-state index in [9.17, 15) is 24.0 Å². The van der Waals surface area contributed by atoms with Gasteiger partial charge in [0.25, 0.3) is 17.7 Å². The second-order valence-corrected chi connectivity index (χ2v) is 7.43. The van der Waals surface area contributed by atoms with E-state index in [1.54, 1.807) is 12.1 Å². The molecule has 2 aromatic carbocycles. The van der Waals surface area contributed by atoms with Crippen LogP contribution in [-0.4, -0.2) is 60.2 Å². The fraction of sp³-hybridized carbons (Fsp3) is 0.261. The number of hydrogen-bond donors (Lipinski definition) is 2. The SMILES string of the molecule is O=C(COc1cccc2c1C(=O)N(C1CCC(=O)NC1=O)C2=O)NCCOc1ccccc1. The zero-order valence-corrected chi connectivity index (χ0v) is 17.5. The Morgan fingerprint density at radius 1 is 1.00 bits per heavy atom. The van der Waals surface area contributed by atoms with Gasteiger partial charge in [-0.2, -0.15) is 0 Å². The summed E-state index contributed by atoms with van der Waals surface area (Å²) in [6.45, 7) is 0.150. The van der Waals surface area contributed by atoms with Gasteiger partial charge in [0.05, 0.1) is 17.7 Å². The Kier molecular flexibility index (Phi) is 6.34. The number of benzene rings is 2. The molecule has 2 aromatic rings. The van der Waals surface area contributed by atoms with E-state index in [1.807, 2.05) is 18.2 Å². The first-order valence-corrected chi connectivity index (χ1v) is 10.4. The molecule has 1 unspecified atom stereocenters. The number of nitrogens with one attached hydrogen (secondary N) is 2. The molecule has 0 spiro atoms. The molecule has 2 aliphatic rings. The number of nitrogens with zero attached hydrogens (tertiary/aromatic N) is 1. The minimum atomic E-state index is -1.07. The summed E-state index contributed by atoms with van der Waals surface area (Å²) in [6, 6.07) is 12.5. The van der Waals surface area contributed by atoms with Crippen LogP contribution in [0.15, 0.2) is 48.5 Å². The molecular formula is C23H21N3O7. The minimum absolute atomic E-state index is 0.00703. The summed E-state index contributed by atoms with van der Waals surface area (Å²) in [6.07, 6.45) is 0.0844. The van der Waals surface area contributed by atoms with Crippen molar-refractivity contribution in [3.63, 3.8) is 0 Å². The number of piperidine rings is 1. The average molecular weight is 451 g/mol. The van der Waals surface area contributed by atoms with E-state index in [-0.39, 0.29) is 49.5 Å². The number of ether oxygens (including phenoxy) is 2. The van der Waals surface area contributed by atoms with Crippen molar-refractivity contribution >= 4 is 29.5 Å². The van der Waals surface area contributed by atoms with Crippen molar-refractivity contribution in [3.05, 3.63) is 59.7 Å². The molecular weight excluding hydrogens is 430 g/mol. The van der Waals surface area contributed by atoms with E-state index in [0.29, 0.717) is 5.75 Å². The van der Waals surface area contributed by atoms with Crippen molar-refractivity contribution in [2.24, 2.45) is 0 Å². The first-order chi connectivity index (χ1) is 16.0. The van der Waals surface area contributed by atoms with E-state index in [0.717, 1.165) is 4.90 Å². The normalized spacial score (nSPS) is 17.5. The molecule has 10 nitrogen and oxygen atoms in total. The molecule has 33 heavy (non-hydrogen) atoms. The largest absolute Gasteiger partial charge is 0.492 e. The Morgan fingerprint density at radius 3 is 2.55 bits per heavy atom. The first-order valence-electron chi connectivity index (χ1n) is 10.4. The van der Waals surface area contributed by atoms with Crippen molar-refractivity contribution in [2.75, 3.05) is 19.8 Å². The molecule has 1 fully saturated rings. The van der Waals surface area contributed by atoms with Crippen molar-refractivity contribution in [2.45, 2.75) is 18.9 Å². The Bertz CT molecular complexity index is 1120. The van der Waals surface area contributed by atoms with Gasteiger partial charge in [0.2, 0.25) is 11.8 Å². The van der Waals surface area contributed by atoms with Crippen LogP contribution in [-0.2, 0) is 14.4 Å². The predicted octanol–water partition coefficient (Wildman–Crippen LogP) is 0.662. The van der Waals surface area contributed by atoms with E-state index in [4.69, 9.17) is 9.47 Å². The number of hydrogen-bond acceptors (Lipinski definition) is 7. The fourth-order valence-corrected chi connectivity index (χ4v) is 3.67. The Balaban J connectivity index is 1.35. The number of amides is 5. The van der Waals surface area contributed by atoms with E-state index in [1.165, 1.54) is 18.2 Å². The van der Waals surface area contributed by atoms with Crippen molar-refractivity contribution in [1.82, 2.24) is 15.5 Å². The summed E-state index contributed by atoms with van der Waals surface area (Å²) in [5.41, 5.74) is 0.0753. The molecule has 2 aliphatic heterocycles. The highest BCUT2D eigenvalue weighted by Gasteiger charge is 2.46. The first kappa shape index (κ1) is 22.0. The maximum absolute atomic E-state index is 13.0. The van der Waals surface area contributed by atoms with Gasteiger partial charge in [0.15, 0.2) is 6.61 Å². The zero-order valence-electron chi connectivity index (χ0n) is 17.5. The third kappa shape index (κ3) is 4.69. The third-order valence-corrected chi connectivity index (χ3v) is 5.22. The summed E-state index contributed by atoms with van der Waals surface area (Å²) >= 11 is 0. The van der Waals surface area contributed by atoms with Gasteiger partial charge < -0.3 is 14.8 Å². The molecule has 5 amide bonds. The van der Waals surface area contributed by atoms with Crippen LogP contribution in [0.4, 0.5) is 0 Å². The highest BCUT2D eigenvalue weighted by Crippen LogP contribution is 2.33. The molecule has 2 heterocycles. The molecule has 4 rings (SSSR count). The van der Waals surface area contributed by atoms with Crippen LogP contribution in [0.3, 0.4) is 0 Å². The summed E-state index contributed by atoms with van der Waals surface area (Å²) in [5, 5.41) is 4.79. The van der Waals surface area contributed by atoms with Gasteiger partial charge in [-0.05, 0) is 30.7 Å². The van der Waals surface area contributed by atoms with Crippen LogP contribution in [0.25, 0.3) is 0 Å². The van der Waals surface area contributed by atoms with Gasteiger partial charge in [0, 0.05) is 6.42 Å². The second-order valence-electron chi connectivity index (χ2n) is 7.43. The Hall–Kier alpha value is -4.21. The second kappa shape index (κ2) is 9.51. The minimum Gasteiger partial charge on any atom is -0.492 e. The zero-order chi connectivity index (χ0) is 23.4. The number of fused-ring (bicyclic) bond motifs is 1. The van der Waals surface area contributed by atoms with Crippen molar-refractivity contribution in [1.29, 1.82) is 0 Å². The van der Waals surface area contributed by atoms with Gasteiger partial charge in [-0.1, -0.05) is 24.3 Å². The smallest absolute Gasteiger partial charge is 0.266 e.